The molecule has 0 aliphatic rings. The number of halogens is 3. The molecule has 108 valence electrons. The van der Waals surface area contributed by atoms with Crippen molar-refractivity contribution >= 4 is 0 Å². The third-order valence-corrected chi connectivity index (χ3v) is 2.46. The van der Waals surface area contributed by atoms with E-state index in [1.165, 1.54) is 12.1 Å². The molecule has 1 aromatic carbocycles. The van der Waals surface area contributed by atoms with E-state index < -0.39 is 6.36 Å². The van der Waals surface area contributed by atoms with Crippen molar-refractivity contribution in [3.63, 3.8) is 0 Å². The Balaban J connectivity index is 1.82. The molecule has 0 aliphatic carbocycles. The lowest BCUT2D eigenvalue weighted by molar-refractivity contribution is -0.274. The van der Waals surface area contributed by atoms with Gasteiger partial charge in [0.05, 0.1) is 12.2 Å². The van der Waals surface area contributed by atoms with Gasteiger partial charge in [-0.05, 0) is 24.6 Å². The zero-order valence-corrected chi connectivity index (χ0v) is 10.7. The summed E-state index contributed by atoms with van der Waals surface area (Å²) in [7, 11) is 0. The summed E-state index contributed by atoms with van der Waals surface area (Å²) in [5.41, 5.74) is 1.64. The Bertz CT molecular complexity index is 549. The van der Waals surface area contributed by atoms with Gasteiger partial charge in [-0.25, -0.2) is 0 Å². The summed E-state index contributed by atoms with van der Waals surface area (Å²) in [5, 5.41) is 6.85. The second kappa shape index (κ2) is 5.96. The quantitative estimate of drug-likeness (QED) is 0.917. The van der Waals surface area contributed by atoms with Crippen LogP contribution in [-0.4, -0.2) is 11.5 Å². The number of nitrogens with zero attached hydrogens (tertiary/aromatic N) is 1. The van der Waals surface area contributed by atoms with Crippen LogP contribution in [-0.2, 0) is 13.1 Å². The maximum absolute atomic E-state index is 12.0. The van der Waals surface area contributed by atoms with Gasteiger partial charge in [-0.15, -0.1) is 13.2 Å². The van der Waals surface area contributed by atoms with Gasteiger partial charge in [0.1, 0.15) is 5.75 Å². The largest absolute Gasteiger partial charge is 0.573 e. The highest BCUT2D eigenvalue weighted by Crippen LogP contribution is 2.22. The van der Waals surface area contributed by atoms with Crippen LogP contribution in [0, 0.1) is 6.92 Å². The first kappa shape index (κ1) is 14.4. The first-order valence-corrected chi connectivity index (χ1v) is 5.90. The van der Waals surface area contributed by atoms with Crippen molar-refractivity contribution in [2.75, 3.05) is 0 Å². The van der Waals surface area contributed by atoms with Gasteiger partial charge in [0.2, 0.25) is 0 Å². The van der Waals surface area contributed by atoms with Gasteiger partial charge in [0.25, 0.3) is 0 Å². The first-order valence-electron chi connectivity index (χ1n) is 5.90. The minimum absolute atomic E-state index is 0.230. The van der Waals surface area contributed by atoms with E-state index >= 15 is 0 Å². The smallest absolute Gasteiger partial charge is 0.406 e. The van der Waals surface area contributed by atoms with Gasteiger partial charge in [0.15, 0.2) is 5.76 Å². The summed E-state index contributed by atoms with van der Waals surface area (Å²) in [4.78, 5) is 0. The molecule has 0 unspecified atom stereocenters. The molecular formula is C13H13F3N2O2. The third kappa shape index (κ3) is 4.58. The average Bonchev–Trinajstić information content (AvgIpc) is 2.75. The molecule has 2 aromatic rings. The molecule has 1 N–H and O–H groups in total. The van der Waals surface area contributed by atoms with Crippen LogP contribution in [0.3, 0.4) is 0 Å². The summed E-state index contributed by atoms with van der Waals surface area (Å²) in [5.74, 6) is 0.478. The summed E-state index contributed by atoms with van der Waals surface area (Å²) >= 11 is 0. The zero-order valence-electron chi connectivity index (χ0n) is 10.7. The second-order valence-electron chi connectivity index (χ2n) is 4.23. The molecule has 0 spiro atoms. The van der Waals surface area contributed by atoms with Crippen LogP contribution >= 0.6 is 0 Å². The van der Waals surface area contributed by atoms with Crippen LogP contribution in [0.1, 0.15) is 17.0 Å². The predicted octanol–water partition coefficient (Wildman–Crippen LogP) is 3.17. The fourth-order valence-corrected chi connectivity index (χ4v) is 1.64. The number of benzene rings is 1. The van der Waals surface area contributed by atoms with Crippen molar-refractivity contribution in [2.45, 2.75) is 26.4 Å². The van der Waals surface area contributed by atoms with Crippen LogP contribution < -0.4 is 10.1 Å². The number of rotatable bonds is 5. The van der Waals surface area contributed by atoms with Crippen molar-refractivity contribution in [3.8, 4) is 5.75 Å². The Morgan fingerprint density at radius 3 is 2.45 bits per heavy atom. The molecule has 0 bridgehead atoms. The van der Waals surface area contributed by atoms with E-state index in [9.17, 15) is 13.2 Å². The van der Waals surface area contributed by atoms with Crippen LogP contribution in [0.25, 0.3) is 0 Å². The van der Waals surface area contributed by atoms with Gasteiger partial charge >= 0.3 is 6.36 Å². The van der Waals surface area contributed by atoms with Crippen molar-refractivity contribution in [1.82, 2.24) is 10.5 Å². The molecule has 0 atom stereocenters. The predicted molar refractivity (Wildman–Crippen MR) is 64.9 cm³/mol. The van der Waals surface area contributed by atoms with E-state index in [-0.39, 0.29) is 5.75 Å². The summed E-state index contributed by atoms with van der Waals surface area (Å²) in [6, 6.07) is 7.51. The maximum Gasteiger partial charge on any atom is 0.573 e. The number of aromatic nitrogens is 1. The number of aryl methyl sites for hydroxylation is 1. The fourth-order valence-electron chi connectivity index (χ4n) is 1.64. The Labute approximate surface area is 113 Å². The van der Waals surface area contributed by atoms with Crippen molar-refractivity contribution in [2.24, 2.45) is 0 Å². The topological polar surface area (TPSA) is 47.3 Å². The Morgan fingerprint density at radius 2 is 1.90 bits per heavy atom. The summed E-state index contributed by atoms with van der Waals surface area (Å²) in [6.45, 7) is 2.83. The lowest BCUT2D eigenvalue weighted by Crippen LogP contribution is -2.17. The molecule has 7 heteroatoms. The molecule has 1 aromatic heterocycles. The highest BCUT2D eigenvalue weighted by Gasteiger charge is 2.30. The minimum atomic E-state index is -4.66. The standard InChI is InChI=1S/C13H13F3N2O2/c1-9-6-12(20-18-9)8-17-7-10-2-4-11(5-3-10)19-13(14,15)16/h2-6,17H,7-8H2,1H3. The summed E-state index contributed by atoms with van der Waals surface area (Å²) in [6.07, 6.45) is -4.66. The normalized spacial score (nSPS) is 11.6. The molecule has 0 saturated heterocycles. The molecule has 4 nitrogen and oxygen atoms in total. The van der Waals surface area contributed by atoms with Gasteiger partial charge in [0, 0.05) is 12.6 Å². The molecule has 0 saturated carbocycles. The Morgan fingerprint density at radius 1 is 1.20 bits per heavy atom. The van der Waals surface area contributed by atoms with E-state index in [2.05, 4.69) is 15.2 Å². The zero-order chi connectivity index (χ0) is 14.6. The molecule has 2 rings (SSSR count). The number of hydrogen-bond donors (Lipinski definition) is 1. The van der Waals surface area contributed by atoms with E-state index in [1.54, 1.807) is 12.1 Å². The van der Waals surface area contributed by atoms with Crippen molar-refractivity contribution < 1.29 is 22.4 Å². The number of nitrogens with one attached hydrogen (secondary N) is 1. The highest BCUT2D eigenvalue weighted by atomic mass is 19.4. The van der Waals surface area contributed by atoms with Crippen LogP contribution in [0.4, 0.5) is 13.2 Å². The van der Waals surface area contributed by atoms with E-state index in [4.69, 9.17) is 4.52 Å². The van der Waals surface area contributed by atoms with E-state index in [0.717, 1.165) is 11.3 Å². The number of hydrogen-bond acceptors (Lipinski definition) is 4. The van der Waals surface area contributed by atoms with Gasteiger partial charge < -0.3 is 14.6 Å². The van der Waals surface area contributed by atoms with Crippen molar-refractivity contribution in [1.29, 1.82) is 0 Å². The lowest BCUT2D eigenvalue weighted by atomic mass is 10.2. The average molecular weight is 286 g/mol. The maximum atomic E-state index is 12.0. The van der Waals surface area contributed by atoms with E-state index in [0.29, 0.717) is 18.8 Å². The molecule has 0 radical (unpaired) electrons. The van der Waals surface area contributed by atoms with E-state index in [1.807, 2.05) is 13.0 Å². The molecular weight excluding hydrogens is 273 g/mol. The molecule has 0 aliphatic heterocycles. The van der Waals surface area contributed by atoms with Crippen molar-refractivity contribution in [3.05, 3.63) is 47.3 Å². The SMILES string of the molecule is Cc1cc(CNCc2ccc(OC(F)(F)F)cc2)on1. The van der Waals surface area contributed by atoms with Crippen LogP contribution in [0.5, 0.6) is 5.75 Å². The first-order chi connectivity index (χ1) is 9.42. The number of alkyl halides is 3. The van der Waals surface area contributed by atoms with Crippen LogP contribution in [0.2, 0.25) is 0 Å². The minimum Gasteiger partial charge on any atom is -0.406 e. The fraction of sp³-hybridized carbons (Fsp3) is 0.308. The van der Waals surface area contributed by atoms with Crippen LogP contribution in [0.15, 0.2) is 34.9 Å². The second-order valence-corrected chi connectivity index (χ2v) is 4.23. The molecule has 20 heavy (non-hydrogen) atoms. The Kier molecular flexibility index (Phi) is 4.29. The highest BCUT2D eigenvalue weighted by molar-refractivity contribution is 5.27. The lowest BCUT2D eigenvalue weighted by Gasteiger charge is -2.09. The third-order valence-electron chi connectivity index (χ3n) is 2.46. The summed E-state index contributed by atoms with van der Waals surface area (Å²) < 4.78 is 44.8. The molecule has 0 amide bonds. The van der Waals surface area contributed by atoms with Gasteiger partial charge in [-0.3, -0.25) is 0 Å². The van der Waals surface area contributed by atoms with Gasteiger partial charge in [-0.2, -0.15) is 0 Å². The monoisotopic (exact) mass is 286 g/mol. The Hall–Kier alpha value is -2.02. The molecule has 0 fully saturated rings. The number of ether oxygens (including phenoxy) is 1. The molecule has 1 heterocycles. The van der Waals surface area contributed by atoms with Gasteiger partial charge in [-0.1, -0.05) is 17.3 Å².